The highest BCUT2D eigenvalue weighted by Gasteiger charge is 2.13. The highest BCUT2D eigenvalue weighted by Crippen LogP contribution is 2.18. The summed E-state index contributed by atoms with van der Waals surface area (Å²) >= 11 is 0. The van der Waals surface area contributed by atoms with Gasteiger partial charge in [-0.3, -0.25) is 0 Å². The van der Waals surface area contributed by atoms with E-state index in [-0.39, 0.29) is 12.2 Å². The van der Waals surface area contributed by atoms with Crippen molar-refractivity contribution in [3.05, 3.63) is 35.9 Å². The predicted octanol–water partition coefficient (Wildman–Crippen LogP) is 1.81. The maximum atomic E-state index is 12.7. The summed E-state index contributed by atoms with van der Waals surface area (Å²) in [5.74, 6) is -1.28. The molecule has 1 aromatic rings. The molecule has 0 atom stereocenters. The van der Waals surface area contributed by atoms with Crippen molar-refractivity contribution in [1.82, 2.24) is 0 Å². The molecule has 0 saturated heterocycles. The van der Waals surface area contributed by atoms with Crippen LogP contribution in [0.3, 0.4) is 0 Å². The van der Waals surface area contributed by atoms with Gasteiger partial charge in [0.2, 0.25) is 0 Å². The first kappa shape index (κ1) is 14.2. The molecule has 0 bridgehead atoms. The lowest BCUT2D eigenvalue weighted by atomic mass is 10.2. The van der Waals surface area contributed by atoms with Crippen LogP contribution in [-0.2, 0) is 19.8 Å². The molecule has 0 amide bonds. The SMILES string of the molecule is CCOC(=O)/C=C(/O)c1cccc(S(=O)(=O)F)c1. The number of ether oxygens (including phenoxy) is 1. The molecule has 0 radical (unpaired) electrons. The number of esters is 1. The van der Waals surface area contributed by atoms with E-state index in [1.807, 2.05) is 0 Å². The van der Waals surface area contributed by atoms with Crippen LogP contribution in [-0.4, -0.2) is 26.1 Å². The first-order valence-electron chi connectivity index (χ1n) is 4.97. The number of carbonyl (C=O) groups excluding carboxylic acids is 1. The fourth-order valence-corrected chi connectivity index (χ4v) is 1.69. The minimum Gasteiger partial charge on any atom is -0.507 e. The fourth-order valence-electron chi connectivity index (χ4n) is 1.19. The predicted molar refractivity (Wildman–Crippen MR) is 62.0 cm³/mol. The zero-order chi connectivity index (χ0) is 13.8. The number of aliphatic hydroxyl groups is 1. The number of benzene rings is 1. The lowest BCUT2D eigenvalue weighted by Gasteiger charge is -2.02. The van der Waals surface area contributed by atoms with Crippen molar-refractivity contribution in [2.24, 2.45) is 0 Å². The minimum atomic E-state index is -4.85. The van der Waals surface area contributed by atoms with E-state index < -0.39 is 26.8 Å². The number of hydrogen-bond donors (Lipinski definition) is 1. The van der Waals surface area contributed by atoms with Gasteiger partial charge in [0.1, 0.15) is 5.76 Å². The summed E-state index contributed by atoms with van der Waals surface area (Å²) in [6.45, 7) is 1.74. The second kappa shape index (κ2) is 5.63. The first-order valence-corrected chi connectivity index (χ1v) is 6.35. The Kier molecular flexibility index (Phi) is 4.43. The summed E-state index contributed by atoms with van der Waals surface area (Å²) in [5.41, 5.74) is 0.00165. The third-order valence-corrected chi connectivity index (χ3v) is 2.77. The van der Waals surface area contributed by atoms with Crippen molar-refractivity contribution < 1.29 is 26.9 Å². The van der Waals surface area contributed by atoms with Crippen LogP contribution in [0.2, 0.25) is 0 Å². The van der Waals surface area contributed by atoms with E-state index in [1.165, 1.54) is 12.1 Å². The monoisotopic (exact) mass is 274 g/mol. The van der Waals surface area contributed by atoms with Gasteiger partial charge >= 0.3 is 16.2 Å². The Labute approximate surface area is 104 Å². The second-order valence-corrected chi connectivity index (χ2v) is 4.59. The molecule has 5 nitrogen and oxygen atoms in total. The molecule has 0 aliphatic heterocycles. The fraction of sp³-hybridized carbons (Fsp3) is 0.182. The molecule has 0 aromatic heterocycles. The Morgan fingerprint density at radius 3 is 2.72 bits per heavy atom. The number of halogens is 1. The van der Waals surface area contributed by atoms with Crippen molar-refractivity contribution in [3.8, 4) is 0 Å². The van der Waals surface area contributed by atoms with Crippen LogP contribution in [0.5, 0.6) is 0 Å². The van der Waals surface area contributed by atoms with Gasteiger partial charge in [-0.1, -0.05) is 12.1 Å². The van der Waals surface area contributed by atoms with Crippen molar-refractivity contribution in [1.29, 1.82) is 0 Å². The molecule has 1 N–H and O–H groups in total. The van der Waals surface area contributed by atoms with E-state index >= 15 is 0 Å². The van der Waals surface area contributed by atoms with E-state index in [4.69, 9.17) is 0 Å². The lowest BCUT2D eigenvalue weighted by molar-refractivity contribution is -0.137. The highest BCUT2D eigenvalue weighted by molar-refractivity contribution is 7.86. The smallest absolute Gasteiger partial charge is 0.334 e. The Morgan fingerprint density at radius 1 is 1.50 bits per heavy atom. The number of carbonyl (C=O) groups is 1. The Hall–Kier alpha value is -1.89. The molecular weight excluding hydrogens is 263 g/mol. The Balaban J connectivity index is 3.08. The maximum Gasteiger partial charge on any atom is 0.334 e. The van der Waals surface area contributed by atoms with Crippen LogP contribution < -0.4 is 0 Å². The summed E-state index contributed by atoms with van der Waals surface area (Å²) in [6.07, 6.45) is 0.785. The van der Waals surface area contributed by atoms with Gasteiger partial charge in [-0.15, -0.1) is 3.89 Å². The average molecular weight is 274 g/mol. The zero-order valence-electron chi connectivity index (χ0n) is 9.46. The van der Waals surface area contributed by atoms with Gasteiger partial charge in [-0.05, 0) is 19.1 Å². The molecule has 0 saturated carbocycles. The summed E-state index contributed by atoms with van der Waals surface area (Å²) in [7, 11) is -4.85. The Bertz CT molecular complexity index is 577. The van der Waals surface area contributed by atoms with E-state index in [0.717, 1.165) is 18.2 Å². The van der Waals surface area contributed by atoms with Gasteiger partial charge in [0, 0.05) is 5.56 Å². The van der Waals surface area contributed by atoms with Crippen molar-refractivity contribution in [2.75, 3.05) is 6.61 Å². The van der Waals surface area contributed by atoms with Crippen molar-refractivity contribution in [2.45, 2.75) is 11.8 Å². The third-order valence-electron chi connectivity index (χ3n) is 1.95. The normalized spacial score (nSPS) is 12.2. The van der Waals surface area contributed by atoms with Gasteiger partial charge in [0.25, 0.3) is 0 Å². The topological polar surface area (TPSA) is 80.7 Å². The van der Waals surface area contributed by atoms with Crippen molar-refractivity contribution in [3.63, 3.8) is 0 Å². The molecule has 0 aliphatic carbocycles. The molecule has 7 heteroatoms. The van der Waals surface area contributed by atoms with Crippen LogP contribution >= 0.6 is 0 Å². The van der Waals surface area contributed by atoms with Crippen molar-refractivity contribution >= 4 is 22.0 Å². The summed E-state index contributed by atoms with van der Waals surface area (Å²) in [4.78, 5) is 10.5. The number of aliphatic hydroxyl groups excluding tert-OH is 1. The molecule has 0 unspecified atom stereocenters. The Morgan fingerprint density at radius 2 is 2.17 bits per heavy atom. The first-order chi connectivity index (χ1) is 8.34. The second-order valence-electron chi connectivity index (χ2n) is 3.25. The average Bonchev–Trinajstić information content (AvgIpc) is 2.28. The summed E-state index contributed by atoms with van der Waals surface area (Å²) in [5, 5.41) is 9.55. The van der Waals surface area contributed by atoms with Gasteiger partial charge in [-0.2, -0.15) is 8.42 Å². The van der Waals surface area contributed by atoms with E-state index in [0.29, 0.717) is 0 Å². The van der Waals surface area contributed by atoms with Crippen LogP contribution in [0.15, 0.2) is 35.2 Å². The molecule has 0 fully saturated rings. The standard InChI is InChI=1S/C11H11FO5S/c1-2-17-11(14)7-10(13)8-4-3-5-9(6-8)18(12,15)16/h3-7,13H,2H2,1H3/b10-7+. The molecule has 18 heavy (non-hydrogen) atoms. The summed E-state index contributed by atoms with van der Waals surface area (Å²) in [6, 6.07) is 4.54. The number of rotatable bonds is 4. The lowest BCUT2D eigenvalue weighted by Crippen LogP contribution is -2.01. The number of hydrogen-bond acceptors (Lipinski definition) is 5. The quantitative estimate of drug-likeness (QED) is 0.392. The van der Waals surface area contributed by atoms with Gasteiger partial charge in [0.15, 0.2) is 0 Å². The molecule has 98 valence electrons. The molecule has 1 rings (SSSR count). The third kappa shape index (κ3) is 3.85. The minimum absolute atomic E-state index is 0.00165. The van der Waals surface area contributed by atoms with Gasteiger partial charge < -0.3 is 9.84 Å². The van der Waals surface area contributed by atoms with Crippen LogP contribution in [0.1, 0.15) is 12.5 Å². The van der Waals surface area contributed by atoms with E-state index in [2.05, 4.69) is 4.74 Å². The molecule has 1 aromatic carbocycles. The largest absolute Gasteiger partial charge is 0.507 e. The van der Waals surface area contributed by atoms with E-state index in [9.17, 15) is 22.2 Å². The zero-order valence-corrected chi connectivity index (χ0v) is 10.3. The maximum absolute atomic E-state index is 12.7. The van der Waals surface area contributed by atoms with E-state index in [1.54, 1.807) is 6.92 Å². The van der Waals surface area contributed by atoms with Crippen LogP contribution in [0, 0.1) is 0 Å². The molecule has 0 heterocycles. The molecule has 0 spiro atoms. The van der Waals surface area contributed by atoms with Crippen LogP contribution in [0.25, 0.3) is 5.76 Å². The molecular formula is C11H11FO5S. The van der Waals surface area contributed by atoms with Gasteiger partial charge in [0.05, 0.1) is 17.6 Å². The highest BCUT2D eigenvalue weighted by atomic mass is 32.3. The van der Waals surface area contributed by atoms with Crippen LogP contribution in [0.4, 0.5) is 3.89 Å². The molecule has 0 aliphatic rings. The summed E-state index contributed by atoms with van der Waals surface area (Å²) < 4.78 is 38.6. The van der Waals surface area contributed by atoms with Gasteiger partial charge in [-0.25, -0.2) is 4.79 Å².